The minimum atomic E-state index is -0.917. The van der Waals surface area contributed by atoms with Crippen molar-refractivity contribution in [1.29, 1.82) is 0 Å². The van der Waals surface area contributed by atoms with Crippen LogP contribution in [0.3, 0.4) is 0 Å². The molecule has 0 saturated carbocycles. The van der Waals surface area contributed by atoms with Crippen molar-refractivity contribution in [2.75, 3.05) is 5.88 Å². The average molecular weight is 149 g/mol. The molecule has 1 amide bonds. The van der Waals surface area contributed by atoms with Gasteiger partial charge in [0.05, 0.1) is 5.88 Å². The molecule has 0 rings (SSSR count). The molecule has 0 bridgehead atoms. The van der Waals surface area contributed by atoms with Gasteiger partial charge in [-0.05, 0) is 13.8 Å². The molecular weight excluding hydrogens is 138 g/mol. The molecule has 0 spiro atoms. The molecule has 4 heteroatoms. The third-order valence-electron chi connectivity index (χ3n) is 1.02. The molecule has 54 valence electrons. The largest absolute Gasteiger partial charge is 0.465 e. The Morgan fingerprint density at radius 2 is 2.22 bits per heavy atom. The van der Waals surface area contributed by atoms with E-state index in [9.17, 15) is 4.79 Å². The number of amides is 1. The Morgan fingerprint density at radius 3 is 2.22 bits per heavy atom. The molecule has 0 fully saturated rings. The van der Waals surface area contributed by atoms with Gasteiger partial charge in [0, 0.05) is 6.04 Å². The van der Waals surface area contributed by atoms with Gasteiger partial charge in [0.1, 0.15) is 0 Å². The highest BCUT2D eigenvalue weighted by molar-refractivity contribution is 7.80. The zero-order valence-corrected chi connectivity index (χ0v) is 6.43. The molecule has 0 radical (unpaired) electrons. The molecule has 0 aliphatic rings. The number of hydrogen-bond acceptors (Lipinski definition) is 2. The molecule has 3 nitrogen and oxygen atoms in total. The van der Waals surface area contributed by atoms with Gasteiger partial charge in [-0.2, -0.15) is 12.6 Å². The van der Waals surface area contributed by atoms with Crippen molar-refractivity contribution in [1.82, 2.24) is 4.90 Å². The number of hydrogen-bond donors (Lipinski definition) is 2. The number of thiol groups is 1. The molecule has 0 aliphatic carbocycles. The maximum Gasteiger partial charge on any atom is 0.408 e. The lowest BCUT2D eigenvalue weighted by Gasteiger charge is -2.19. The van der Waals surface area contributed by atoms with Crippen molar-refractivity contribution in [3.63, 3.8) is 0 Å². The van der Waals surface area contributed by atoms with Gasteiger partial charge >= 0.3 is 6.09 Å². The molecule has 0 heterocycles. The van der Waals surface area contributed by atoms with E-state index in [0.717, 1.165) is 0 Å². The fraction of sp³-hybridized carbons (Fsp3) is 0.800. The van der Waals surface area contributed by atoms with Gasteiger partial charge in [-0.25, -0.2) is 4.79 Å². The van der Waals surface area contributed by atoms with E-state index in [2.05, 4.69) is 12.6 Å². The standard InChI is InChI=1S/C5H11NO2S/c1-4(2)6(3-9)5(7)8/h4,9H,3H2,1-2H3,(H,7,8). The smallest absolute Gasteiger partial charge is 0.408 e. The summed E-state index contributed by atoms with van der Waals surface area (Å²) in [5, 5.41) is 8.42. The predicted molar refractivity (Wildman–Crippen MR) is 38.9 cm³/mol. The Balaban J connectivity index is 3.83. The summed E-state index contributed by atoms with van der Waals surface area (Å²) in [4.78, 5) is 11.5. The van der Waals surface area contributed by atoms with Crippen LogP contribution in [0, 0.1) is 0 Å². The zero-order chi connectivity index (χ0) is 7.44. The van der Waals surface area contributed by atoms with E-state index in [-0.39, 0.29) is 11.9 Å². The van der Waals surface area contributed by atoms with Crippen LogP contribution in [0.15, 0.2) is 0 Å². The first-order valence-corrected chi connectivity index (χ1v) is 3.33. The van der Waals surface area contributed by atoms with E-state index in [0.29, 0.717) is 0 Å². The molecule has 0 aromatic heterocycles. The SMILES string of the molecule is CC(C)N(CS)C(=O)O. The summed E-state index contributed by atoms with van der Waals surface area (Å²) in [6, 6.07) is 0.0139. The maximum absolute atomic E-state index is 10.2. The van der Waals surface area contributed by atoms with Gasteiger partial charge in [0.15, 0.2) is 0 Å². The third kappa shape index (κ3) is 2.60. The Labute approximate surface area is 60.1 Å². The van der Waals surface area contributed by atoms with E-state index in [1.54, 1.807) is 0 Å². The van der Waals surface area contributed by atoms with Gasteiger partial charge in [-0.15, -0.1) is 0 Å². The van der Waals surface area contributed by atoms with Crippen LogP contribution in [0.2, 0.25) is 0 Å². The first kappa shape index (κ1) is 8.62. The molecule has 0 aromatic carbocycles. The monoisotopic (exact) mass is 149 g/mol. The summed E-state index contributed by atoms with van der Waals surface area (Å²) >= 11 is 3.84. The molecule has 0 unspecified atom stereocenters. The van der Waals surface area contributed by atoms with Crippen molar-refractivity contribution in [2.24, 2.45) is 0 Å². The highest BCUT2D eigenvalue weighted by atomic mass is 32.1. The Hall–Kier alpha value is -0.380. The predicted octanol–water partition coefficient (Wildman–Crippen LogP) is 1.26. The van der Waals surface area contributed by atoms with Crippen molar-refractivity contribution >= 4 is 18.7 Å². The summed E-state index contributed by atoms with van der Waals surface area (Å²) < 4.78 is 0. The second-order valence-corrected chi connectivity index (χ2v) is 2.27. The van der Waals surface area contributed by atoms with Gasteiger partial charge in [0.25, 0.3) is 0 Å². The van der Waals surface area contributed by atoms with Gasteiger partial charge < -0.3 is 5.11 Å². The molecule has 9 heavy (non-hydrogen) atoms. The van der Waals surface area contributed by atoms with Crippen LogP contribution in [0.25, 0.3) is 0 Å². The van der Waals surface area contributed by atoms with Crippen LogP contribution in [0.1, 0.15) is 13.8 Å². The van der Waals surface area contributed by atoms with Gasteiger partial charge in [0.2, 0.25) is 0 Å². The lowest BCUT2D eigenvalue weighted by molar-refractivity contribution is 0.142. The molecule has 0 aromatic rings. The van der Waals surface area contributed by atoms with E-state index >= 15 is 0 Å². The lowest BCUT2D eigenvalue weighted by Crippen LogP contribution is -2.34. The summed E-state index contributed by atoms with van der Waals surface area (Å²) in [6.07, 6.45) is -0.917. The summed E-state index contributed by atoms with van der Waals surface area (Å²) in [5.41, 5.74) is 0. The molecule has 1 N–H and O–H groups in total. The third-order valence-corrected chi connectivity index (χ3v) is 1.33. The normalized spacial score (nSPS) is 9.78. The van der Waals surface area contributed by atoms with Gasteiger partial charge in [-0.3, -0.25) is 4.90 Å². The maximum atomic E-state index is 10.2. The second-order valence-electron chi connectivity index (χ2n) is 1.99. The van der Waals surface area contributed by atoms with Gasteiger partial charge in [-0.1, -0.05) is 0 Å². The molecule has 0 atom stereocenters. The topological polar surface area (TPSA) is 40.5 Å². The lowest BCUT2D eigenvalue weighted by atomic mass is 10.4. The number of rotatable bonds is 2. The highest BCUT2D eigenvalue weighted by Gasteiger charge is 2.11. The first-order chi connectivity index (χ1) is 4.09. The van der Waals surface area contributed by atoms with E-state index in [1.165, 1.54) is 4.90 Å². The number of carboxylic acid groups (broad SMARTS) is 1. The Bertz CT molecular complexity index is 105. The van der Waals surface area contributed by atoms with Crippen LogP contribution < -0.4 is 0 Å². The Kier molecular flexibility index (Phi) is 3.46. The fourth-order valence-electron chi connectivity index (χ4n) is 0.445. The highest BCUT2D eigenvalue weighted by Crippen LogP contribution is 1.98. The fourth-order valence-corrected chi connectivity index (χ4v) is 0.892. The summed E-state index contributed by atoms with van der Waals surface area (Å²) in [6.45, 7) is 3.62. The van der Waals surface area contributed by atoms with Crippen LogP contribution in [0.5, 0.6) is 0 Å². The first-order valence-electron chi connectivity index (χ1n) is 2.70. The van der Waals surface area contributed by atoms with E-state index in [4.69, 9.17) is 5.11 Å². The van der Waals surface area contributed by atoms with Crippen LogP contribution in [-0.2, 0) is 0 Å². The minimum Gasteiger partial charge on any atom is -0.465 e. The number of nitrogens with zero attached hydrogens (tertiary/aromatic N) is 1. The van der Waals surface area contributed by atoms with E-state index in [1.807, 2.05) is 13.8 Å². The van der Waals surface area contributed by atoms with Crippen LogP contribution in [-0.4, -0.2) is 28.0 Å². The molecule has 0 saturated heterocycles. The molecule has 0 aliphatic heterocycles. The Morgan fingerprint density at radius 1 is 1.78 bits per heavy atom. The van der Waals surface area contributed by atoms with E-state index < -0.39 is 6.09 Å². The van der Waals surface area contributed by atoms with Crippen molar-refractivity contribution in [3.05, 3.63) is 0 Å². The van der Waals surface area contributed by atoms with Crippen molar-refractivity contribution in [3.8, 4) is 0 Å². The average Bonchev–Trinajstić information content (AvgIpc) is 1.64. The minimum absolute atomic E-state index is 0.0139. The summed E-state index contributed by atoms with van der Waals surface area (Å²) in [5.74, 6) is 0.257. The zero-order valence-electron chi connectivity index (χ0n) is 5.53. The second kappa shape index (κ2) is 3.61. The number of carbonyl (C=O) groups is 1. The van der Waals surface area contributed by atoms with Crippen molar-refractivity contribution in [2.45, 2.75) is 19.9 Å². The van der Waals surface area contributed by atoms with Crippen LogP contribution in [0.4, 0.5) is 4.79 Å². The summed E-state index contributed by atoms with van der Waals surface area (Å²) in [7, 11) is 0. The van der Waals surface area contributed by atoms with Crippen molar-refractivity contribution < 1.29 is 9.90 Å². The quantitative estimate of drug-likeness (QED) is 0.458. The molecular formula is C5H11NO2S. The van der Waals surface area contributed by atoms with Crippen LogP contribution >= 0.6 is 12.6 Å².